The van der Waals surface area contributed by atoms with E-state index in [1.807, 2.05) is 41.5 Å². The lowest BCUT2D eigenvalue weighted by Gasteiger charge is -2.35. The Morgan fingerprint density at radius 2 is 1.72 bits per heavy atom. The average molecular weight is 409 g/mol. The summed E-state index contributed by atoms with van der Waals surface area (Å²) in [6.45, 7) is 15.9. The number of aromatic carboxylic acids is 1. The van der Waals surface area contributed by atoms with E-state index in [1.54, 1.807) is 23.1 Å². The molecular weight excluding hydrogens is 372 g/mol. The summed E-state index contributed by atoms with van der Waals surface area (Å²) in [6.07, 6.45) is 0.623. The predicted octanol–water partition coefficient (Wildman–Crippen LogP) is 4.04. The van der Waals surface area contributed by atoms with Gasteiger partial charge in [-0.15, -0.1) is 0 Å². The highest BCUT2D eigenvalue weighted by Crippen LogP contribution is 2.19. The summed E-state index contributed by atoms with van der Waals surface area (Å²) < 4.78 is 11.2. The lowest BCUT2D eigenvalue weighted by atomic mass is 10.1. The molecule has 7 nitrogen and oxygen atoms in total. The highest BCUT2D eigenvalue weighted by atomic mass is 16.6. The molecule has 0 aliphatic carbocycles. The number of carbonyl (C=O) groups excluding carboxylic acids is 1. The van der Waals surface area contributed by atoms with Gasteiger partial charge in [0.1, 0.15) is 11.4 Å². The summed E-state index contributed by atoms with van der Waals surface area (Å²) >= 11 is 0. The summed E-state index contributed by atoms with van der Waals surface area (Å²) in [5.74, 6) is -0.218. The number of benzene rings is 1. The normalized spacial score (nSPS) is 14.6. The van der Waals surface area contributed by atoms with Crippen LogP contribution in [0.5, 0.6) is 5.75 Å². The van der Waals surface area contributed by atoms with Crippen LogP contribution in [0.4, 0.5) is 4.79 Å². The number of hydrogen-bond acceptors (Lipinski definition) is 5. The number of amides is 1. The van der Waals surface area contributed by atoms with Gasteiger partial charge in [-0.05, 0) is 57.9 Å². The van der Waals surface area contributed by atoms with E-state index in [0.717, 1.165) is 37.4 Å². The molecule has 0 atom stereocenters. The van der Waals surface area contributed by atoms with Gasteiger partial charge < -0.3 is 19.5 Å². The van der Waals surface area contributed by atoms with Crippen molar-refractivity contribution in [3.8, 4) is 5.75 Å². The van der Waals surface area contributed by atoms with Crippen molar-refractivity contribution in [2.45, 2.75) is 53.6 Å². The van der Waals surface area contributed by atoms with E-state index >= 15 is 0 Å². The lowest BCUT2D eigenvalue weighted by molar-refractivity contribution is 0.0142. The van der Waals surface area contributed by atoms with E-state index in [-0.39, 0.29) is 11.7 Å². The van der Waals surface area contributed by atoms with Gasteiger partial charge in [-0.25, -0.2) is 9.59 Å². The molecule has 1 aromatic carbocycles. The first-order valence-electron chi connectivity index (χ1n) is 10.3. The van der Waals surface area contributed by atoms with Gasteiger partial charge in [0, 0.05) is 32.7 Å². The van der Waals surface area contributed by atoms with E-state index < -0.39 is 11.6 Å². The highest BCUT2D eigenvalue weighted by Gasteiger charge is 2.25. The van der Waals surface area contributed by atoms with Crippen LogP contribution < -0.4 is 4.74 Å². The first-order chi connectivity index (χ1) is 13.7. The van der Waals surface area contributed by atoms with Crippen LogP contribution in [0, 0.1) is 6.92 Å². The van der Waals surface area contributed by atoms with E-state index in [2.05, 4.69) is 4.90 Å². The Hall–Kier alpha value is -2.28. The van der Waals surface area contributed by atoms with Crippen molar-refractivity contribution in [2.75, 3.05) is 39.3 Å². The van der Waals surface area contributed by atoms with Crippen LogP contribution >= 0.6 is 0 Å². The zero-order valence-corrected chi connectivity index (χ0v) is 18.7. The van der Waals surface area contributed by atoms with Crippen LogP contribution in [0.3, 0.4) is 0 Å². The third-order valence-corrected chi connectivity index (χ3v) is 4.32. The molecule has 0 aromatic heterocycles. The van der Waals surface area contributed by atoms with Crippen LogP contribution in [0.15, 0.2) is 18.2 Å². The molecule has 1 fully saturated rings. The molecule has 7 heteroatoms. The fraction of sp³-hybridized carbons (Fsp3) is 0.636. The number of carboxylic acid groups (broad SMARTS) is 1. The van der Waals surface area contributed by atoms with Crippen LogP contribution in [0.2, 0.25) is 0 Å². The molecule has 1 amide bonds. The Labute approximate surface area is 174 Å². The quantitative estimate of drug-likeness (QED) is 0.716. The largest absolute Gasteiger partial charge is 0.493 e. The van der Waals surface area contributed by atoms with Crippen molar-refractivity contribution >= 4 is 12.1 Å². The summed E-state index contributed by atoms with van der Waals surface area (Å²) in [4.78, 5) is 27.1. The molecule has 0 saturated carbocycles. The summed E-state index contributed by atoms with van der Waals surface area (Å²) in [7, 11) is 0. The van der Waals surface area contributed by atoms with Gasteiger partial charge in [0.05, 0.1) is 12.2 Å². The fourth-order valence-electron chi connectivity index (χ4n) is 2.90. The maximum absolute atomic E-state index is 12.1. The minimum absolute atomic E-state index is 0.245. The fourth-order valence-corrected chi connectivity index (χ4v) is 2.90. The minimum Gasteiger partial charge on any atom is -0.493 e. The Bertz CT molecular complexity index is 662. The summed E-state index contributed by atoms with van der Waals surface area (Å²) in [5.41, 5.74) is 0.621. The third kappa shape index (κ3) is 8.73. The molecule has 1 N–H and O–H groups in total. The van der Waals surface area contributed by atoms with Gasteiger partial charge in [0.15, 0.2) is 0 Å². The molecule has 1 heterocycles. The number of aryl methyl sites for hydroxylation is 1. The van der Waals surface area contributed by atoms with E-state index in [1.165, 1.54) is 0 Å². The number of nitrogens with zero attached hydrogens (tertiary/aromatic N) is 2. The zero-order chi connectivity index (χ0) is 22.0. The molecule has 2 rings (SSSR count). The number of piperazine rings is 1. The van der Waals surface area contributed by atoms with Crippen LogP contribution in [-0.2, 0) is 4.74 Å². The molecule has 164 valence electrons. The highest BCUT2D eigenvalue weighted by molar-refractivity contribution is 5.88. The molecule has 1 saturated heterocycles. The first kappa shape index (κ1) is 24.8. The van der Waals surface area contributed by atoms with Crippen molar-refractivity contribution in [2.24, 2.45) is 0 Å². The van der Waals surface area contributed by atoms with Gasteiger partial charge in [0.25, 0.3) is 0 Å². The average Bonchev–Trinajstić information content (AvgIpc) is 2.66. The number of carbonyl (C=O) groups is 2. The number of carboxylic acids is 1. The van der Waals surface area contributed by atoms with E-state index in [4.69, 9.17) is 14.6 Å². The van der Waals surface area contributed by atoms with Crippen molar-refractivity contribution in [3.63, 3.8) is 0 Å². The summed E-state index contributed by atoms with van der Waals surface area (Å²) in [6, 6.07) is 4.88. The van der Waals surface area contributed by atoms with Crippen LogP contribution in [0.1, 0.15) is 57.0 Å². The maximum Gasteiger partial charge on any atom is 0.410 e. The molecular formula is C22H36N2O5. The topological polar surface area (TPSA) is 79.3 Å². The van der Waals surface area contributed by atoms with Crippen molar-refractivity contribution in [1.82, 2.24) is 9.80 Å². The predicted molar refractivity (Wildman–Crippen MR) is 114 cm³/mol. The van der Waals surface area contributed by atoms with Gasteiger partial charge in [0.2, 0.25) is 0 Å². The Morgan fingerprint density at radius 3 is 2.24 bits per heavy atom. The molecule has 0 bridgehead atoms. The maximum atomic E-state index is 12.1. The van der Waals surface area contributed by atoms with E-state index in [0.29, 0.717) is 19.7 Å². The molecule has 1 aromatic rings. The first-order valence-corrected chi connectivity index (χ1v) is 10.3. The van der Waals surface area contributed by atoms with Crippen molar-refractivity contribution in [3.05, 3.63) is 29.3 Å². The Kier molecular flexibility index (Phi) is 9.95. The second kappa shape index (κ2) is 11.7. The number of ether oxygens (including phenoxy) is 2. The molecule has 1 aliphatic heterocycles. The number of rotatable bonds is 6. The minimum atomic E-state index is -0.935. The molecule has 29 heavy (non-hydrogen) atoms. The second-order valence-electron chi connectivity index (χ2n) is 7.80. The SMILES string of the molecule is CC.Cc1cc(C(=O)O)ccc1OCCCN1CCN(C(=O)OC(C)(C)C)CC1. The second-order valence-corrected chi connectivity index (χ2v) is 7.80. The monoisotopic (exact) mass is 408 g/mol. The lowest BCUT2D eigenvalue weighted by Crippen LogP contribution is -2.50. The molecule has 1 aliphatic rings. The Balaban J connectivity index is 0.00000204. The molecule has 0 unspecified atom stereocenters. The standard InChI is InChI=1S/C20H30N2O5.C2H6/c1-15-14-16(18(23)24)6-7-17(15)26-13-5-8-21-9-11-22(12-10-21)19(25)27-20(2,3)4;1-2/h6-7,14H,5,8-13H2,1-4H3,(H,23,24);1-2H3. The zero-order valence-electron chi connectivity index (χ0n) is 18.7. The number of hydrogen-bond donors (Lipinski definition) is 1. The molecule has 0 radical (unpaired) electrons. The van der Waals surface area contributed by atoms with Gasteiger partial charge in [-0.3, -0.25) is 4.90 Å². The molecule has 0 spiro atoms. The van der Waals surface area contributed by atoms with Gasteiger partial charge in [-0.2, -0.15) is 0 Å². The van der Waals surface area contributed by atoms with Crippen LogP contribution in [-0.4, -0.2) is 71.9 Å². The van der Waals surface area contributed by atoms with Crippen LogP contribution in [0.25, 0.3) is 0 Å². The van der Waals surface area contributed by atoms with Gasteiger partial charge in [-0.1, -0.05) is 13.8 Å². The Morgan fingerprint density at radius 1 is 1.10 bits per heavy atom. The smallest absolute Gasteiger partial charge is 0.410 e. The van der Waals surface area contributed by atoms with Gasteiger partial charge >= 0.3 is 12.1 Å². The van der Waals surface area contributed by atoms with E-state index in [9.17, 15) is 9.59 Å². The van der Waals surface area contributed by atoms with Crippen molar-refractivity contribution < 1.29 is 24.2 Å². The third-order valence-electron chi connectivity index (χ3n) is 4.32. The van der Waals surface area contributed by atoms with Crippen molar-refractivity contribution in [1.29, 1.82) is 0 Å². The summed E-state index contributed by atoms with van der Waals surface area (Å²) in [5, 5.41) is 8.99.